The zero-order valence-electron chi connectivity index (χ0n) is 10.0. The molecule has 0 amide bonds. The van der Waals surface area contributed by atoms with Crippen LogP contribution in [0.4, 0.5) is 5.95 Å². The normalized spacial score (nSPS) is 22.5. The topological polar surface area (TPSA) is 44.3 Å². The third-order valence-electron chi connectivity index (χ3n) is 3.59. The van der Waals surface area contributed by atoms with Crippen molar-refractivity contribution in [2.45, 2.75) is 0 Å². The minimum atomic E-state index is 0.870. The van der Waals surface area contributed by atoms with Crippen LogP contribution in [0.25, 0.3) is 0 Å². The van der Waals surface area contributed by atoms with E-state index in [0.29, 0.717) is 0 Å². The minimum Gasteiger partial charge on any atom is -0.338 e. The number of hydrogen-bond acceptors (Lipinski definition) is 5. The fraction of sp³-hybridized carbons (Fsp3) is 0.667. The molecule has 1 aromatic rings. The third-order valence-corrected chi connectivity index (χ3v) is 3.59. The van der Waals surface area contributed by atoms with Crippen molar-refractivity contribution in [1.82, 2.24) is 20.2 Å². The van der Waals surface area contributed by atoms with Crippen LogP contribution < -0.4 is 10.2 Å². The highest BCUT2D eigenvalue weighted by atomic mass is 15.3. The van der Waals surface area contributed by atoms with Gasteiger partial charge in [-0.2, -0.15) is 0 Å². The van der Waals surface area contributed by atoms with Gasteiger partial charge in [-0.3, -0.25) is 4.90 Å². The van der Waals surface area contributed by atoms with Crippen molar-refractivity contribution >= 4 is 5.95 Å². The smallest absolute Gasteiger partial charge is 0.225 e. The monoisotopic (exact) mass is 233 g/mol. The van der Waals surface area contributed by atoms with Crippen LogP contribution in [0.15, 0.2) is 18.5 Å². The average molecular weight is 233 g/mol. The first-order chi connectivity index (χ1) is 8.42. The fourth-order valence-electron chi connectivity index (χ4n) is 2.43. The number of anilines is 1. The summed E-state index contributed by atoms with van der Waals surface area (Å²) in [5, 5.41) is 3.33. The Morgan fingerprint density at radius 2 is 1.82 bits per heavy atom. The molecule has 1 aromatic heterocycles. The lowest BCUT2D eigenvalue weighted by Gasteiger charge is -2.38. The van der Waals surface area contributed by atoms with Gasteiger partial charge in [0.2, 0.25) is 5.95 Å². The van der Waals surface area contributed by atoms with Gasteiger partial charge < -0.3 is 10.2 Å². The van der Waals surface area contributed by atoms with E-state index in [1.165, 1.54) is 19.6 Å². The molecule has 0 spiro atoms. The van der Waals surface area contributed by atoms with Gasteiger partial charge in [0.1, 0.15) is 0 Å². The first kappa shape index (κ1) is 10.9. The van der Waals surface area contributed by atoms with Crippen molar-refractivity contribution in [2.24, 2.45) is 5.92 Å². The maximum absolute atomic E-state index is 4.30. The van der Waals surface area contributed by atoms with Gasteiger partial charge in [0.25, 0.3) is 0 Å². The number of piperazine rings is 1. The highest BCUT2D eigenvalue weighted by Crippen LogP contribution is 2.12. The molecular weight excluding hydrogens is 214 g/mol. The summed E-state index contributed by atoms with van der Waals surface area (Å²) in [6, 6.07) is 1.86. The Bertz CT molecular complexity index is 343. The summed E-state index contributed by atoms with van der Waals surface area (Å²) in [7, 11) is 0. The molecule has 3 rings (SSSR count). The molecule has 2 aliphatic rings. The van der Waals surface area contributed by atoms with Crippen molar-refractivity contribution in [3.05, 3.63) is 18.5 Å². The van der Waals surface area contributed by atoms with Gasteiger partial charge in [0.15, 0.2) is 0 Å². The van der Waals surface area contributed by atoms with Crippen LogP contribution in [-0.2, 0) is 0 Å². The van der Waals surface area contributed by atoms with Crippen LogP contribution in [0.2, 0.25) is 0 Å². The molecule has 2 aliphatic heterocycles. The number of rotatable bonds is 3. The van der Waals surface area contributed by atoms with E-state index in [2.05, 4.69) is 25.1 Å². The average Bonchev–Trinajstić information content (AvgIpc) is 2.36. The standard InChI is InChI=1S/C12H19N5/c1-2-14-12(15-3-1)17-6-4-16(5-7-17)10-11-8-13-9-11/h1-3,11,13H,4-10H2. The van der Waals surface area contributed by atoms with E-state index in [4.69, 9.17) is 0 Å². The van der Waals surface area contributed by atoms with Crippen LogP contribution in [0, 0.1) is 5.92 Å². The van der Waals surface area contributed by atoms with Crippen molar-refractivity contribution in [3.8, 4) is 0 Å². The molecule has 1 N–H and O–H groups in total. The zero-order chi connectivity index (χ0) is 11.5. The van der Waals surface area contributed by atoms with E-state index in [9.17, 15) is 0 Å². The quantitative estimate of drug-likeness (QED) is 0.784. The van der Waals surface area contributed by atoms with E-state index in [-0.39, 0.29) is 0 Å². The second-order valence-electron chi connectivity index (χ2n) is 4.86. The molecule has 0 bridgehead atoms. The zero-order valence-corrected chi connectivity index (χ0v) is 10.0. The van der Waals surface area contributed by atoms with Crippen LogP contribution in [0.1, 0.15) is 0 Å². The summed E-state index contributed by atoms with van der Waals surface area (Å²) in [4.78, 5) is 13.4. The number of nitrogens with one attached hydrogen (secondary N) is 1. The van der Waals surface area contributed by atoms with Crippen LogP contribution in [-0.4, -0.2) is 60.7 Å². The van der Waals surface area contributed by atoms with Crippen LogP contribution in [0.3, 0.4) is 0 Å². The van der Waals surface area contributed by atoms with Gasteiger partial charge in [-0.25, -0.2) is 9.97 Å². The highest BCUT2D eigenvalue weighted by Gasteiger charge is 2.23. The van der Waals surface area contributed by atoms with E-state index in [1.54, 1.807) is 0 Å². The molecule has 2 saturated heterocycles. The number of nitrogens with zero attached hydrogens (tertiary/aromatic N) is 4. The second-order valence-corrected chi connectivity index (χ2v) is 4.86. The first-order valence-electron chi connectivity index (χ1n) is 6.37. The summed E-state index contributed by atoms with van der Waals surface area (Å²) in [6.07, 6.45) is 3.63. The number of hydrogen-bond donors (Lipinski definition) is 1. The highest BCUT2D eigenvalue weighted by molar-refractivity contribution is 5.29. The first-order valence-corrected chi connectivity index (χ1v) is 6.37. The van der Waals surface area contributed by atoms with Crippen molar-refractivity contribution in [2.75, 3.05) is 50.7 Å². The van der Waals surface area contributed by atoms with E-state index in [1.807, 2.05) is 18.5 Å². The minimum absolute atomic E-state index is 0.870. The maximum atomic E-state index is 4.30. The van der Waals surface area contributed by atoms with Gasteiger partial charge >= 0.3 is 0 Å². The molecule has 2 fully saturated rings. The third kappa shape index (κ3) is 2.56. The SMILES string of the molecule is c1cnc(N2CCN(CC3CNC3)CC2)nc1. The molecule has 0 saturated carbocycles. The molecule has 3 heterocycles. The molecule has 92 valence electrons. The Morgan fingerprint density at radius 1 is 1.12 bits per heavy atom. The molecule has 0 radical (unpaired) electrons. The van der Waals surface area contributed by atoms with E-state index >= 15 is 0 Å². The largest absolute Gasteiger partial charge is 0.338 e. The Balaban J connectivity index is 1.50. The molecule has 5 nitrogen and oxygen atoms in total. The lowest BCUT2D eigenvalue weighted by Crippen LogP contribution is -2.53. The fourth-order valence-corrected chi connectivity index (χ4v) is 2.43. The van der Waals surface area contributed by atoms with E-state index < -0.39 is 0 Å². The van der Waals surface area contributed by atoms with Gasteiger partial charge in [-0.15, -0.1) is 0 Å². The maximum Gasteiger partial charge on any atom is 0.225 e. The summed E-state index contributed by atoms with van der Waals surface area (Å²) in [6.45, 7) is 8.00. The molecule has 0 atom stereocenters. The molecule has 17 heavy (non-hydrogen) atoms. The van der Waals surface area contributed by atoms with Gasteiger partial charge in [0, 0.05) is 58.2 Å². The molecule has 0 aromatic carbocycles. The summed E-state index contributed by atoms with van der Waals surface area (Å²) in [5.74, 6) is 1.74. The lowest BCUT2D eigenvalue weighted by molar-refractivity contribution is 0.184. The van der Waals surface area contributed by atoms with Gasteiger partial charge in [-0.05, 0) is 12.0 Å². The second kappa shape index (κ2) is 4.98. The van der Waals surface area contributed by atoms with Crippen molar-refractivity contribution in [1.29, 1.82) is 0 Å². The summed E-state index contributed by atoms with van der Waals surface area (Å²) >= 11 is 0. The van der Waals surface area contributed by atoms with Crippen molar-refractivity contribution in [3.63, 3.8) is 0 Å². The molecular formula is C12H19N5. The Kier molecular flexibility index (Phi) is 3.20. The summed E-state index contributed by atoms with van der Waals surface area (Å²) < 4.78 is 0. The van der Waals surface area contributed by atoms with Gasteiger partial charge in [-0.1, -0.05) is 0 Å². The Hall–Kier alpha value is -1.20. The Morgan fingerprint density at radius 3 is 2.41 bits per heavy atom. The molecule has 5 heteroatoms. The van der Waals surface area contributed by atoms with Crippen LogP contribution in [0.5, 0.6) is 0 Å². The lowest BCUT2D eigenvalue weighted by atomic mass is 10.0. The van der Waals surface area contributed by atoms with E-state index in [0.717, 1.165) is 38.0 Å². The molecule has 0 unspecified atom stereocenters. The van der Waals surface area contributed by atoms with Gasteiger partial charge in [0.05, 0.1) is 0 Å². The summed E-state index contributed by atoms with van der Waals surface area (Å²) in [5.41, 5.74) is 0. The molecule has 0 aliphatic carbocycles. The predicted molar refractivity (Wildman–Crippen MR) is 67.0 cm³/mol. The Labute approximate surface area is 102 Å². The number of aromatic nitrogens is 2. The predicted octanol–water partition coefficient (Wildman–Crippen LogP) is -0.182. The van der Waals surface area contributed by atoms with Crippen LogP contribution >= 0.6 is 0 Å². The van der Waals surface area contributed by atoms with Crippen molar-refractivity contribution < 1.29 is 0 Å².